The van der Waals surface area contributed by atoms with Crippen LogP contribution in [0.2, 0.25) is 0 Å². The highest BCUT2D eigenvalue weighted by atomic mass is 16.6. The first-order chi connectivity index (χ1) is 13.0. The van der Waals surface area contributed by atoms with Crippen molar-refractivity contribution in [2.75, 3.05) is 5.32 Å². The first-order valence-electron chi connectivity index (χ1n) is 9.41. The van der Waals surface area contributed by atoms with Crippen LogP contribution >= 0.6 is 0 Å². The molecule has 2 rings (SSSR count). The van der Waals surface area contributed by atoms with E-state index in [1.807, 2.05) is 18.2 Å². The van der Waals surface area contributed by atoms with Crippen molar-refractivity contribution in [3.05, 3.63) is 48.2 Å². The van der Waals surface area contributed by atoms with Crippen molar-refractivity contribution in [3.63, 3.8) is 0 Å². The highest BCUT2D eigenvalue weighted by molar-refractivity contribution is 5.91. The maximum absolute atomic E-state index is 12.5. The van der Waals surface area contributed by atoms with Crippen LogP contribution in [0.5, 0.6) is 0 Å². The van der Waals surface area contributed by atoms with E-state index in [-0.39, 0.29) is 12.3 Å². The van der Waals surface area contributed by atoms with Gasteiger partial charge in [-0.3, -0.25) is 4.79 Å². The van der Waals surface area contributed by atoms with Crippen molar-refractivity contribution < 1.29 is 14.3 Å². The van der Waals surface area contributed by atoms with E-state index >= 15 is 0 Å². The zero-order valence-corrected chi connectivity index (χ0v) is 17.3. The van der Waals surface area contributed by atoms with Gasteiger partial charge in [0.25, 0.3) is 0 Å². The molecule has 1 heterocycles. The van der Waals surface area contributed by atoms with Gasteiger partial charge in [0.15, 0.2) is 0 Å². The molecule has 1 aromatic carbocycles. The number of ether oxygens (including phenoxy) is 1. The molecule has 2 amide bonds. The summed E-state index contributed by atoms with van der Waals surface area (Å²) in [6.45, 7) is 9.60. The van der Waals surface area contributed by atoms with Crippen LogP contribution in [-0.2, 0) is 22.5 Å². The summed E-state index contributed by atoms with van der Waals surface area (Å²) in [6.07, 6.45) is 2.04. The van der Waals surface area contributed by atoms with E-state index < -0.39 is 17.2 Å². The van der Waals surface area contributed by atoms with E-state index in [1.54, 1.807) is 51.6 Å². The Balaban J connectivity index is 1.89. The number of aryl methyl sites for hydroxylation is 2. The van der Waals surface area contributed by atoms with E-state index in [0.717, 1.165) is 6.42 Å². The second-order valence-electron chi connectivity index (χ2n) is 8.41. The predicted molar refractivity (Wildman–Crippen MR) is 109 cm³/mol. The summed E-state index contributed by atoms with van der Waals surface area (Å²) < 4.78 is 7.02. The van der Waals surface area contributed by atoms with Gasteiger partial charge in [-0.1, -0.05) is 30.3 Å². The maximum atomic E-state index is 12.5. The van der Waals surface area contributed by atoms with Crippen LogP contribution in [0.1, 0.15) is 46.6 Å². The molecule has 0 unspecified atom stereocenters. The van der Waals surface area contributed by atoms with Crippen LogP contribution in [0.4, 0.5) is 10.6 Å². The van der Waals surface area contributed by atoms with Crippen molar-refractivity contribution in [3.8, 4) is 0 Å². The van der Waals surface area contributed by atoms with Crippen LogP contribution in [0.25, 0.3) is 0 Å². The van der Waals surface area contributed by atoms with Gasteiger partial charge >= 0.3 is 6.09 Å². The lowest BCUT2D eigenvalue weighted by atomic mass is 10.0. The topological polar surface area (TPSA) is 85.3 Å². The number of hydrogen-bond acceptors (Lipinski definition) is 4. The van der Waals surface area contributed by atoms with Gasteiger partial charge in [-0.25, -0.2) is 9.48 Å². The molecule has 28 heavy (non-hydrogen) atoms. The normalized spacial score (nSPS) is 11.8. The van der Waals surface area contributed by atoms with Gasteiger partial charge in [0.05, 0.1) is 6.20 Å². The van der Waals surface area contributed by atoms with Crippen LogP contribution in [0.15, 0.2) is 42.6 Å². The molecule has 0 spiro atoms. The molecule has 0 saturated carbocycles. The van der Waals surface area contributed by atoms with Gasteiger partial charge in [-0.05, 0) is 46.6 Å². The van der Waals surface area contributed by atoms with E-state index in [0.29, 0.717) is 12.4 Å². The van der Waals surface area contributed by atoms with Gasteiger partial charge in [0, 0.05) is 24.6 Å². The number of aromatic nitrogens is 2. The Morgan fingerprint density at radius 2 is 1.75 bits per heavy atom. The summed E-state index contributed by atoms with van der Waals surface area (Å²) in [7, 11) is 0. The van der Waals surface area contributed by atoms with Crippen LogP contribution in [0, 0.1) is 0 Å². The van der Waals surface area contributed by atoms with Crippen molar-refractivity contribution in [1.82, 2.24) is 15.1 Å². The highest BCUT2D eigenvalue weighted by Gasteiger charge is 2.27. The summed E-state index contributed by atoms with van der Waals surface area (Å²) in [6, 6.07) is 11.9. The van der Waals surface area contributed by atoms with Gasteiger partial charge in [0.1, 0.15) is 11.4 Å². The first kappa shape index (κ1) is 21.5. The maximum Gasteiger partial charge on any atom is 0.408 e. The average Bonchev–Trinajstić information content (AvgIpc) is 2.97. The number of anilines is 1. The zero-order valence-electron chi connectivity index (χ0n) is 17.3. The van der Waals surface area contributed by atoms with Crippen LogP contribution in [-0.4, -0.2) is 32.9 Å². The fourth-order valence-electron chi connectivity index (χ4n) is 2.71. The molecular formula is C21H30N4O3. The number of hydrogen-bond donors (Lipinski definition) is 2. The Kier molecular flexibility index (Phi) is 6.83. The molecule has 0 saturated heterocycles. The summed E-state index contributed by atoms with van der Waals surface area (Å²) in [5.41, 5.74) is -0.132. The molecule has 0 atom stereocenters. The number of alkyl carbamates (subject to hydrolysis) is 1. The third-order valence-electron chi connectivity index (χ3n) is 3.88. The fraction of sp³-hybridized carbons (Fsp3) is 0.476. The zero-order chi connectivity index (χ0) is 20.8. The number of benzene rings is 1. The van der Waals surface area contributed by atoms with E-state index in [2.05, 4.69) is 27.9 Å². The van der Waals surface area contributed by atoms with Crippen molar-refractivity contribution >= 4 is 17.8 Å². The lowest BCUT2D eigenvalue weighted by molar-refractivity contribution is -0.117. The molecular weight excluding hydrogens is 356 g/mol. The minimum atomic E-state index is -0.749. The van der Waals surface area contributed by atoms with Crippen molar-refractivity contribution in [1.29, 1.82) is 0 Å². The molecule has 0 bridgehead atoms. The SMILES string of the molecule is CC(C)(CC(=O)Nc1ccnn1CCc1ccccc1)NC(=O)OC(C)(C)C. The standard InChI is InChI=1S/C21H30N4O3/c1-20(2,3)28-19(27)24-21(4,5)15-18(26)23-17-11-13-22-25(17)14-12-16-9-7-6-8-10-16/h6-11,13H,12,14-15H2,1-5H3,(H,23,26)(H,24,27). The number of nitrogens with zero attached hydrogens (tertiary/aromatic N) is 2. The van der Waals surface area contributed by atoms with E-state index in [1.165, 1.54) is 5.56 Å². The van der Waals surface area contributed by atoms with Crippen molar-refractivity contribution in [2.45, 2.75) is 65.1 Å². The Bertz CT molecular complexity index is 791. The number of amides is 2. The molecule has 0 aliphatic carbocycles. The Morgan fingerprint density at radius 1 is 1.07 bits per heavy atom. The van der Waals surface area contributed by atoms with E-state index in [4.69, 9.17) is 4.74 Å². The molecule has 7 nitrogen and oxygen atoms in total. The minimum Gasteiger partial charge on any atom is -0.444 e. The van der Waals surface area contributed by atoms with Gasteiger partial charge in [-0.15, -0.1) is 0 Å². The molecule has 0 fully saturated rings. The number of carbonyl (C=O) groups is 2. The molecule has 2 N–H and O–H groups in total. The Labute approximate surface area is 166 Å². The molecule has 0 aliphatic heterocycles. The lowest BCUT2D eigenvalue weighted by Crippen LogP contribution is -2.47. The quantitative estimate of drug-likeness (QED) is 0.759. The second-order valence-corrected chi connectivity index (χ2v) is 8.41. The molecule has 152 valence electrons. The summed E-state index contributed by atoms with van der Waals surface area (Å²) in [5.74, 6) is 0.427. The average molecular weight is 386 g/mol. The largest absolute Gasteiger partial charge is 0.444 e. The second kappa shape index (κ2) is 8.91. The molecule has 0 radical (unpaired) electrons. The molecule has 7 heteroatoms. The third-order valence-corrected chi connectivity index (χ3v) is 3.88. The fourth-order valence-corrected chi connectivity index (χ4v) is 2.71. The monoisotopic (exact) mass is 386 g/mol. The first-order valence-corrected chi connectivity index (χ1v) is 9.41. The van der Waals surface area contributed by atoms with Gasteiger partial charge in [-0.2, -0.15) is 5.10 Å². The summed E-state index contributed by atoms with van der Waals surface area (Å²) in [5, 5.41) is 9.90. The predicted octanol–water partition coefficient (Wildman–Crippen LogP) is 3.76. The third kappa shape index (κ3) is 7.42. The smallest absolute Gasteiger partial charge is 0.408 e. The minimum absolute atomic E-state index is 0.107. The molecule has 2 aromatic rings. The Hall–Kier alpha value is -2.83. The summed E-state index contributed by atoms with van der Waals surface area (Å²) >= 11 is 0. The van der Waals surface area contributed by atoms with Crippen molar-refractivity contribution in [2.24, 2.45) is 0 Å². The number of nitrogens with one attached hydrogen (secondary N) is 2. The van der Waals surface area contributed by atoms with Gasteiger partial charge < -0.3 is 15.4 Å². The lowest BCUT2D eigenvalue weighted by Gasteiger charge is -2.28. The summed E-state index contributed by atoms with van der Waals surface area (Å²) in [4.78, 5) is 24.4. The van der Waals surface area contributed by atoms with Crippen LogP contribution in [0.3, 0.4) is 0 Å². The van der Waals surface area contributed by atoms with E-state index in [9.17, 15) is 9.59 Å². The number of rotatable bonds is 7. The number of carbonyl (C=O) groups excluding carboxylic acids is 2. The molecule has 1 aromatic heterocycles. The molecule has 0 aliphatic rings. The van der Waals surface area contributed by atoms with Crippen LogP contribution < -0.4 is 10.6 Å². The Morgan fingerprint density at radius 3 is 2.39 bits per heavy atom. The van der Waals surface area contributed by atoms with Gasteiger partial charge in [0.2, 0.25) is 5.91 Å². The highest BCUT2D eigenvalue weighted by Crippen LogP contribution is 2.15.